The second kappa shape index (κ2) is 8.39. The van der Waals surface area contributed by atoms with E-state index in [1.54, 1.807) is 36.4 Å². The molecule has 1 fully saturated rings. The summed E-state index contributed by atoms with van der Waals surface area (Å²) >= 11 is 0. The van der Waals surface area contributed by atoms with Crippen LogP contribution in [0.1, 0.15) is 24.7 Å². The number of ether oxygens (including phenoxy) is 1. The maximum absolute atomic E-state index is 12.3. The van der Waals surface area contributed by atoms with Crippen LogP contribution in [0, 0.1) is 17.2 Å². The minimum Gasteiger partial charge on any atom is -0.467 e. The molecule has 0 bridgehead atoms. The number of amides is 2. The van der Waals surface area contributed by atoms with E-state index in [1.165, 1.54) is 18.1 Å². The Balaban J connectivity index is 1.51. The second-order valence-corrected chi connectivity index (χ2v) is 6.51. The molecule has 8 nitrogen and oxygen atoms in total. The van der Waals surface area contributed by atoms with Crippen LogP contribution in [0.4, 0.5) is 5.69 Å². The Morgan fingerprint density at radius 1 is 1.36 bits per heavy atom. The van der Waals surface area contributed by atoms with Crippen molar-refractivity contribution < 1.29 is 23.5 Å². The lowest BCUT2D eigenvalue weighted by Gasteiger charge is -2.17. The van der Waals surface area contributed by atoms with Crippen LogP contribution in [-0.4, -0.2) is 35.3 Å². The summed E-state index contributed by atoms with van der Waals surface area (Å²) in [5, 5.41) is 11.4. The predicted molar refractivity (Wildman–Crippen MR) is 97.6 cm³/mol. The minimum absolute atomic E-state index is 0.0451. The van der Waals surface area contributed by atoms with Crippen LogP contribution in [0.2, 0.25) is 0 Å². The molecule has 2 amide bonds. The summed E-state index contributed by atoms with van der Waals surface area (Å²) in [6, 6.07) is 11.8. The quantitative estimate of drug-likeness (QED) is 0.767. The Labute approximate surface area is 161 Å². The topological polar surface area (TPSA) is 113 Å². The molecule has 2 atom stereocenters. The Morgan fingerprint density at radius 2 is 2.11 bits per heavy atom. The van der Waals surface area contributed by atoms with Crippen molar-refractivity contribution in [3.63, 3.8) is 0 Å². The number of carbonyl (C=O) groups is 3. The lowest BCUT2D eigenvalue weighted by Crippen LogP contribution is -2.33. The third kappa shape index (κ3) is 4.57. The SMILES string of the molecule is C[C@@H](OC(=O)[C@@H]1CC(=O)N(Cc2ccco2)C1)C(=O)Nc1ccc(C#N)cc1. The minimum atomic E-state index is -1.02. The van der Waals surface area contributed by atoms with E-state index in [2.05, 4.69) is 5.32 Å². The van der Waals surface area contributed by atoms with Gasteiger partial charge < -0.3 is 19.4 Å². The first kappa shape index (κ1) is 19.2. The molecule has 1 saturated heterocycles. The largest absolute Gasteiger partial charge is 0.467 e. The van der Waals surface area contributed by atoms with Gasteiger partial charge in [0.25, 0.3) is 5.91 Å². The Kier molecular flexibility index (Phi) is 5.75. The summed E-state index contributed by atoms with van der Waals surface area (Å²) in [5.41, 5.74) is 0.968. The Hall–Kier alpha value is -3.60. The van der Waals surface area contributed by atoms with E-state index in [-0.39, 0.29) is 18.9 Å². The molecule has 0 spiro atoms. The third-order valence-corrected chi connectivity index (χ3v) is 4.42. The van der Waals surface area contributed by atoms with Crippen molar-refractivity contribution in [3.05, 3.63) is 54.0 Å². The number of rotatable bonds is 6. The highest BCUT2D eigenvalue weighted by Crippen LogP contribution is 2.22. The van der Waals surface area contributed by atoms with Crippen LogP contribution in [-0.2, 0) is 25.7 Å². The fourth-order valence-electron chi connectivity index (χ4n) is 2.87. The van der Waals surface area contributed by atoms with Crippen LogP contribution < -0.4 is 5.32 Å². The lowest BCUT2D eigenvalue weighted by atomic mass is 10.1. The van der Waals surface area contributed by atoms with E-state index in [4.69, 9.17) is 14.4 Å². The zero-order valence-electron chi connectivity index (χ0n) is 15.3. The van der Waals surface area contributed by atoms with Gasteiger partial charge in [-0.2, -0.15) is 5.26 Å². The fourth-order valence-corrected chi connectivity index (χ4v) is 2.87. The van der Waals surface area contributed by atoms with Crippen LogP contribution in [0.25, 0.3) is 0 Å². The van der Waals surface area contributed by atoms with Crippen LogP contribution in [0.15, 0.2) is 47.1 Å². The maximum atomic E-state index is 12.3. The average Bonchev–Trinajstić information content (AvgIpc) is 3.32. The first-order chi connectivity index (χ1) is 13.5. The summed E-state index contributed by atoms with van der Waals surface area (Å²) in [7, 11) is 0. The van der Waals surface area contributed by atoms with Crippen molar-refractivity contribution in [1.82, 2.24) is 4.90 Å². The van der Waals surface area contributed by atoms with Crippen molar-refractivity contribution >= 4 is 23.5 Å². The number of nitrogens with one attached hydrogen (secondary N) is 1. The molecule has 2 aromatic rings. The number of benzene rings is 1. The highest BCUT2D eigenvalue weighted by molar-refractivity contribution is 5.95. The van der Waals surface area contributed by atoms with Crippen molar-refractivity contribution in [1.29, 1.82) is 5.26 Å². The van der Waals surface area contributed by atoms with Gasteiger partial charge >= 0.3 is 5.97 Å². The molecule has 0 aliphatic carbocycles. The summed E-state index contributed by atoms with van der Waals surface area (Å²) < 4.78 is 10.5. The molecule has 1 aromatic carbocycles. The van der Waals surface area contributed by atoms with Gasteiger partial charge in [-0.3, -0.25) is 14.4 Å². The molecule has 3 rings (SSSR count). The summed E-state index contributed by atoms with van der Waals surface area (Å²) in [6.07, 6.45) is 0.552. The first-order valence-corrected chi connectivity index (χ1v) is 8.78. The van der Waals surface area contributed by atoms with Gasteiger partial charge in [0.2, 0.25) is 5.91 Å². The van der Waals surface area contributed by atoms with Gasteiger partial charge in [-0.25, -0.2) is 0 Å². The molecule has 1 aliphatic rings. The first-order valence-electron chi connectivity index (χ1n) is 8.78. The van der Waals surface area contributed by atoms with Crippen molar-refractivity contribution in [2.75, 3.05) is 11.9 Å². The highest BCUT2D eigenvalue weighted by Gasteiger charge is 2.36. The molecule has 0 radical (unpaired) electrons. The normalized spacial score (nSPS) is 17.1. The number of nitriles is 1. The van der Waals surface area contributed by atoms with Crippen LogP contribution >= 0.6 is 0 Å². The number of nitrogens with zero attached hydrogens (tertiary/aromatic N) is 2. The Morgan fingerprint density at radius 3 is 2.75 bits per heavy atom. The van der Waals surface area contributed by atoms with Gasteiger partial charge in [0.15, 0.2) is 6.10 Å². The molecule has 0 saturated carbocycles. The molecule has 8 heteroatoms. The van der Waals surface area contributed by atoms with Gasteiger partial charge in [0.1, 0.15) is 5.76 Å². The molecule has 2 heterocycles. The lowest BCUT2D eigenvalue weighted by molar-refractivity contribution is -0.157. The monoisotopic (exact) mass is 381 g/mol. The number of hydrogen-bond acceptors (Lipinski definition) is 6. The zero-order valence-corrected chi connectivity index (χ0v) is 15.3. The van der Waals surface area contributed by atoms with Gasteiger partial charge in [0, 0.05) is 18.7 Å². The highest BCUT2D eigenvalue weighted by atomic mass is 16.5. The Bertz CT molecular complexity index is 899. The number of carbonyl (C=O) groups excluding carboxylic acids is 3. The average molecular weight is 381 g/mol. The predicted octanol–water partition coefficient (Wildman–Crippen LogP) is 2.07. The molecule has 1 aromatic heterocycles. The van der Waals surface area contributed by atoms with Crippen molar-refractivity contribution in [3.8, 4) is 6.07 Å². The van der Waals surface area contributed by atoms with Gasteiger partial charge in [-0.05, 0) is 43.3 Å². The third-order valence-electron chi connectivity index (χ3n) is 4.42. The molecule has 1 aliphatic heterocycles. The van der Waals surface area contributed by atoms with Gasteiger partial charge in [-0.1, -0.05) is 0 Å². The summed E-state index contributed by atoms with van der Waals surface area (Å²) in [6.45, 7) is 1.99. The maximum Gasteiger partial charge on any atom is 0.312 e. The summed E-state index contributed by atoms with van der Waals surface area (Å²) in [4.78, 5) is 38.2. The van der Waals surface area contributed by atoms with Crippen LogP contribution in [0.5, 0.6) is 0 Å². The summed E-state index contributed by atoms with van der Waals surface area (Å²) in [5.74, 6) is -1.22. The smallest absolute Gasteiger partial charge is 0.312 e. The molecular formula is C20H19N3O5. The number of hydrogen-bond donors (Lipinski definition) is 1. The zero-order chi connectivity index (χ0) is 20.1. The van der Waals surface area contributed by atoms with Gasteiger partial charge in [0.05, 0.1) is 30.4 Å². The van der Waals surface area contributed by atoms with Crippen molar-refractivity contribution in [2.24, 2.45) is 5.92 Å². The number of likely N-dealkylation sites (tertiary alicyclic amines) is 1. The van der Waals surface area contributed by atoms with Gasteiger partial charge in [-0.15, -0.1) is 0 Å². The standard InChI is InChI=1S/C20H19N3O5/c1-13(19(25)22-16-6-4-14(10-21)5-7-16)28-20(26)15-9-18(24)23(11-15)12-17-3-2-8-27-17/h2-8,13,15H,9,11-12H2,1H3,(H,22,25)/t13-,15-/m1/s1. The number of anilines is 1. The van der Waals surface area contributed by atoms with E-state index in [0.29, 0.717) is 23.6 Å². The van der Waals surface area contributed by atoms with E-state index >= 15 is 0 Å². The number of esters is 1. The second-order valence-electron chi connectivity index (χ2n) is 6.51. The van der Waals surface area contributed by atoms with E-state index < -0.39 is 23.9 Å². The van der Waals surface area contributed by atoms with Crippen molar-refractivity contribution in [2.45, 2.75) is 26.0 Å². The molecule has 0 unspecified atom stereocenters. The molecule has 28 heavy (non-hydrogen) atoms. The molecule has 144 valence electrons. The van der Waals surface area contributed by atoms with E-state index in [0.717, 1.165) is 0 Å². The number of furan rings is 1. The van der Waals surface area contributed by atoms with E-state index in [1.807, 2.05) is 6.07 Å². The molecular weight excluding hydrogens is 362 g/mol. The van der Waals surface area contributed by atoms with Crippen LogP contribution in [0.3, 0.4) is 0 Å². The fraction of sp³-hybridized carbons (Fsp3) is 0.300. The molecule has 1 N–H and O–H groups in total. The van der Waals surface area contributed by atoms with E-state index in [9.17, 15) is 14.4 Å².